The van der Waals surface area contributed by atoms with Crippen molar-refractivity contribution in [2.45, 2.75) is 32.1 Å². The lowest BCUT2D eigenvalue weighted by molar-refractivity contribution is -0.151. The minimum atomic E-state index is -1.25. The van der Waals surface area contributed by atoms with Crippen molar-refractivity contribution >= 4 is 11.8 Å². The predicted molar refractivity (Wildman–Crippen MR) is 46.2 cm³/mol. The van der Waals surface area contributed by atoms with Crippen molar-refractivity contribution in [1.29, 1.82) is 0 Å². The van der Waals surface area contributed by atoms with Crippen LogP contribution < -0.4 is 0 Å². The molecule has 2 saturated carbocycles. The summed E-state index contributed by atoms with van der Waals surface area (Å²) in [5, 5.41) is 8.56. The molecule has 0 amide bonds. The fraction of sp³-hybridized carbons (Fsp3) is 0.800. The molecule has 0 saturated heterocycles. The van der Waals surface area contributed by atoms with E-state index < -0.39 is 11.8 Å². The summed E-state index contributed by atoms with van der Waals surface area (Å²) in [7, 11) is 0. The van der Waals surface area contributed by atoms with Crippen molar-refractivity contribution in [3.8, 4) is 0 Å². The Bertz CT molecular complexity index is 235. The first kappa shape index (κ1) is 8.73. The lowest BCUT2D eigenvalue weighted by Gasteiger charge is -2.04. The third-order valence-corrected chi connectivity index (χ3v) is 3.57. The number of carboxylic acids is 1. The quantitative estimate of drug-likeness (QED) is 0.658. The van der Waals surface area contributed by atoms with Crippen LogP contribution in [-0.4, -0.2) is 16.9 Å². The van der Waals surface area contributed by atoms with Gasteiger partial charge in [-0.1, -0.05) is 19.3 Å². The lowest BCUT2D eigenvalue weighted by atomic mass is 9.99. The van der Waals surface area contributed by atoms with Gasteiger partial charge in [-0.15, -0.1) is 0 Å². The van der Waals surface area contributed by atoms with Crippen LogP contribution in [0, 0.1) is 17.8 Å². The molecule has 0 radical (unpaired) electrons. The maximum Gasteiger partial charge on any atom is 0.372 e. The highest BCUT2D eigenvalue weighted by molar-refractivity contribution is 6.33. The number of fused-ring (bicyclic) bond motifs is 1. The fourth-order valence-corrected chi connectivity index (χ4v) is 2.95. The van der Waals surface area contributed by atoms with Crippen LogP contribution in [0.3, 0.4) is 0 Å². The molecule has 0 aromatic rings. The number of ketones is 1. The van der Waals surface area contributed by atoms with Gasteiger partial charge in [0.1, 0.15) is 0 Å². The molecule has 3 heteroatoms. The van der Waals surface area contributed by atoms with Gasteiger partial charge in [0.2, 0.25) is 5.78 Å². The van der Waals surface area contributed by atoms with Gasteiger partial charge in [-0.05, 0) is 24.7 Å². The molecule has 0 spiro atoms. The minimum Gasteiger partial charge on any atom is -0.475 e. The molecule has 3 atom stereocenters. The first-order chi connectivity index (χ1) is 6.18. The highest BCUT2D eigenvalue weighted by atomic mass is 16.4. The van der Waals surface area contributed by atoms with E-state index in [-0.39, 0.29) is 5.92 Å². The van der Waals surface area contributed by atoms with Crippen molar-refractivity contribution in [3.63, 3.8) is 0 Å². The highest BCUT2D eigenvalue weighted by Crippen LogP contribution is 2.46. The number of hydrogen-bond acceptors (Lipinski definition) is 2. The summed E-state index contributed by atoms with van der Waals surface area (Å²) in [6.07, 6.45) is 5.33. The largest absolute Gasteiger partial charge is 0.475 e. The average molecular weight is 182 g/mol. The van der Waals surface area contributed by atoms with E-state index >= 15 is 0 Å². The van der Waals surface area contributed by atoms with Gasteiger partial charge in [0.15, 0.2) is 0 Å². The van der Waals surface area contributed by atoms with Gasteiger partial charge >= 0.3 is 5.97 Å². The van der Waals surface area contributed by atoms with Gasteiger partial charge in [-0.3, -0.25) is 4.79 Å². The van der Waals surface area contributed by atoms with Crippen molar-refractivity contribution < 1.29 is 14.7 Å². The standard InChI is InChI=1S/C10H14O3/c11-9(10(12)13)8-4-6-2-1-3-7(6)5-8/h6-8H,1-5H2,(H,12,13)/t6-,7+,8?. The van der Waals surface area contributed by atoms with Crippen LogP contribution in [0.25, 0.3) is 0 Å². The Morgan fingerprint density at radius 2 is 1.62 bits per heavy atom. The first-order valence-corrected chi connectivity index (χ1v) is 4.95. The summed E-state index contributed by atoms with van der Waals surface area (Å²) < 4.78 is 0. The first-order valence-electron chi connectivity index (χ1n) is 4.95. The number of rotatable bonds is 2. The average Bonchev–Trinajstić information content (AvgIpc) is 2.59. The normalized spacial score (nSPS) is 37.4. The van der Waals surface area contributed by atoms with Crippen LogP contribution in [0.15, 0.2) is 0 Å². The van der Waals surface area contributed by atoms with E-state index in [4.69, 9.17) is 5.11 Å². The van der Waals surface area contributed by atoms with Gasteiger partial charge in [0.25, 0.3) is 0 Å². The molecule has 1 N–H and O–H groups in total. The Morgan fingerprint density at radius 1 is 1.08 bits per heavy atom. The SMILES string of the molecule is O=C(O)C(=O)C1C[C@H]2CCC[C@H]2C1. The van der Waals surface area contributed by atoms with E-state index in [1.165, 1.54) is 19.3 Å². The molecule has 0 aromatic carbocycles. The zero-order chi connectivity index (χ0) is 9.42. The van der Waals surface area contributed by atoms with Crippen LogP contribution in [0.5, 0.6) is 0 Å². The molecule has 0 aromatic heterocycles. The van der Waals surface area contributed by atoms with Crippen LogP contribution in [0.1, 0.15) is 32.1 Å². The van der Waals surface area contributed by atoms with E-state index in [0.29, 0.717) is 11.8 Å². The summed E-state index contributed by atoms with van der Waals surface area (Å²) in [4.78, 5) is 21.6. The van der Waals surface area contributed by atoms with E-state index in [1.54, 1.807) is 0 Å². The molecule has 0 aliphatic heterocycles. The second-order valence-electron chi connectivity index (χ2n) is 4.29. The zero-order valence-electron chi connectivity index (χ0n) is 7.53. The van der Waals surface area contributed by atoms with E-state index in [1.807, 2.05) is 0 Å². The number of carbonyl (C=O) groups is 2. The molecule has 3 nitrogen and oxygen atoms in total. The van der Waals surface area contributed by atoms with Crippen molar-refractivity contribution in [2.24, 2.45) is 17.8 Å². The summed E-state index contributed by atoms with van der Waals surface area (Å²) in [6, 6.07) is 0. The molecular formula is C10H14O3. The van der Waals surface area contributed by atoms with Crippen LogP contribution in [0.2, 0.25) is 0 Å². The summed E-state index contributed by atoms with van der Waals surface area (Å²) in [5.74, 6) is -0.686. The molecule has 2 aliphatic rings. The van der Waals surface area contributed by atoms with E-state index in [2.05, 4.69) is 0 Å². The zero-order valence-corrected chi connectivity index (χ0v) is 7.53. The van der Waals surface area contributed by atoms with Gasteiger partial charge in [-0.2, -0.15) is 0 Å². The van der Waals surface area contributed by atoms with Gasteiger partial charge in [-0.25, -0.2) is 4.79 Å². The van der Waals surface area contributed by atoms with Crippen molar-refractivity contribution in [3.05, 3.63) is 0 Å². The maximum absolute atomic E-state index is 11.2. The number of carboxylic acid groups (broad SMARTS) is 1. The minimum absolute atomic E-state index is 0.173. The van der Waals surface area contributed by atoms with Gasteiger partial charge < -0.3 is 5.11 Å². The Labute approximate surface area is 77.1 Å². The number of carbonyl (C=O) groups excluding carboxylic acids is 1. The number of hydrogen-bond donors (Lipinski definition) is 1. The van der Waals surface area contributed by atoms with Crippen LogP contribution in [0.4, 0.5) is 0 Å². The molecular weight excluding hydrogens is 168 g/mol. The second-order valence-corrected chi connectivity index (χ2v) is 4.29. The number of aliphatic carboxylic acids is 1. The molecule has 1 unspecified atom stereocenters. The topological polar surface area (TPSA) is 54.4 Å². The molecule has 2 rings (SSSR count). The molecule has 72 valence electrons. The number of Topliss-reactive ketones (excluding diaryl/α,β-unsaturated/α-hetero) is 1. The third-order valence-electron chi connectivity index (χ3n) is 3.57. The lowest BCUT2D eigenvalue weighted by Crippen LogP contribution is -2.21. The summed E-state index contributed by atoms with van der Waals surface area (Å²) >= 11 is 0. The van der Waals surface area contributed by atoms with Crippen LogP contribution in [-0.2, 0) is 9.59 Å². The fourth-order valence-electron chi connectivity index (χ4n) is 2.95. The molecule has 0 heterocycles. The second kappa shape index (κ2) is 3.13. The third kappa shape index (κ3) is 1.47. The van der Waals surface area contributed by atoms with Crippen LogP contribution >= 0.6 is 0 Å². The van der Waals surface area contributed by atoms with Crippen molar-refractivity contribution in [1.82, 2.24) is 0 Å². The Balaban J connectivity index is 1.99. The molecule has 13 heavy (non-hydrogen) atoms. The Morgan fingerprint density at radius 3 is 2.08 bits per heavy atom. The Kier molecular flexibility index (Phi) is 2.10. The van der Waals surface area contributed by atoms with E-state index in [9.17, 15) is 9.59 Å². The summed E-state index contributed by atoms with van der Waals surface area (Å²) in [5.41, 5.74) is 0. The molecule has 2 fully saturated rings. The van der Waals surface area contributed by atoms with E-state index in [0.717, 1.165) is 12.8 Å². The highest BCUT2D eigenvalue weighted by Gasteiger charge is 2.41. The maximum atomic E-state index is 11.2. The Hall–Kier alpha value is -0.860. The predicted octanol–water partition coefficient (Wildman–Crippen LogP) is 1.47. The molecule has 0 bridgehead atoms. The van der Waals surface area contributed by atoms with Gasteiger partial charge in [0, 0.05) is 5.92 Å². The monoisotopic (exact) mass is 182 g/mol. The van der Waals surface area contributed by atoms with Gasteiger partial charge in [0.05, 0.1) is 0 Å². The van der Waals surface area contributed by atoms with Crippen molar-refractivity contribution in [2.75, 3.05) is 0 Å². The summed E-state index contributed by atoms with van der Waals surface area (Å²) in [6.45, 7) is 0. The smallest absolute Gasteiger partial charge is 0.372 e. The molecule has 2 aliphatic carbocycles.